The number of hydrogen-bond donors (Lipinski definition) is 2. The largest absolute Gasteiger partial charge is 0.355 e. The minimum atomic E-state index is -0.511. The summed E-state index contributed by atoms with van der Waals surface area (Å²) in [5.74, 6) is 0.907. The van der Waals surface area contributed by atoms with E-state index in [1.807, 2.05) is 13.8 Å². The van der Waals surface area contributed by atoms with Crippen molar-refractivity contribution >= 4 is 39.2 Å². The summed E-state index contributed by atoms with van der Waals surface area (Å²) in [5.41, 5.74) is 1.16. The molecule has 0 atom stereocenters. The molecule has 3 aromatic rings. The Morgan fingerprint density at radius 3 is 2.93 bits per heavy atom. The lowest BCUT2D eigenvalue weighted by atomic mass is 9.84. The number of benzene rings is 1. The zero-order valence-electron chi connectivity index (χ0n) is 17.0. The van der Waals surface area contributed by atoms with E-state index in [0.717, 1.165) is 29.5 Å². The van der Waals surface area contributed by atoms with E-state index in [9.17, 15) is 14.0 Å². The second kappa shape index (κ2) is 8.51. The van der Waals surface area contributed by atoms with Gasteiger partial charge in [0.05, 0.1) is 16.9 Å². The molecule has 0 bridgehead atoms. The minimum Gasteiger partial charge on any atom is -0.355 e. The van der Waals surface area contributed by atoms with Crippen molar-refractivity contribution in [3.8, 4) is 0 Å². The first-order valence-corrected chi connectivity index (χ1v) is 11.9. The maximum absolute atomic E-state index is 14.0. The maximum atomic E-state index is 14.0. The number of amides is 1. The van der Waals surface area contributed by atoms with Crippen LogP contribution in [0.5, 0.6) is 0 Å². The highest BCUT2D eigenvalue weighted by atomic mass is 32.2. The Hall–Kier alpha value is -2.19. The van der Waals surface area contributed by atoms with Crippen molar-refractivity contribution in [1.29, 1.82) is 0 Å². The van der Waals surface area contributed by atoms with Gasteiger partial charge in [-0.2, -0.15) is 0 Å². The molecule has 8 heteroatoms. The number of aromatic amines is 1. The van der Waals surface area contributed by atoms with Crippen LogP contribution in [0, 0.1) is 5.82 Å². The van der Waals surface area contributed by atoms with Gasteiger partial charge >= 0.3 is 0 Å². The fraction of sp³-hybridized carbons (Fsp3) is 0.409. The first kappa shape index (κ1) is 21.1. The zero-order valence-corrected chi connectivity index (χ0v) is 18.6. The van der Waals surface area contributed by atoms with Crippen LogP contribution >= 0.6 is 23.1 Å². The van der Waals surface area contributed by atoms with Crippen molar-refractivity contribution in [3.05, 3.63) is 62.3 Å². The Labute approximate surface area is 182 Å². The topological polar surface area (TPSA) is 74.8 Å². The molecule has 1 aliphatic rings. The molecule has 2 aromatic heterocycles. The van der Waals surface area contributed by atoms with Crippen molar-refractivity contribution in [2.75, 3.05) is 12.3 Å². The highest BCUT2D eigenvalue weighted by molar-refractivity contribution is 7.99. The number of nitrogens with one attached hydrogen (secondary N) is 2. The predicted octanol–water partition coefficient (Wildman–Crippen LogP) is 3.94. The molecular weight excluding hydrogens is 421 g/mol. The number of carbonyl (C=O) groups is 1. The van der Waals surface area contributed by atoms with Gasteiger partial charge in [-0.3, -0.25) is 9.59 Å². The van der Waals surface area contributed by atoms with Crippen LogP contribution in [-0.4, -0.2) is 28.2 Å². The molecular formula is C22H24FN3O2S2. The molecule has 2 N–H and O–H groups in total. The molecule has 1 aliphatic carbocycles. The van der Waals surface area contributed by atoms with E-state index >= 15 is 0 Å². The molecule has 0 radical (unpaired) electrons. The normalized spacial score (nSPS) is 13.6. The Balaban J connectivity index is 1.32. The van der Waals surface area contributed by atoms with Crippen molar-refractivity contribution in [2.24, 2.45) is 0 Å². The second-order valence-electron chi connectivity index (χ2n) is 8.18. The van der Waals surface area contributed by atoms with E-state index in [1.54, 1.807) is 29.5 Å². The van der Waals surface area contributed by atoms with E-state index in [0.29, 0.717) is 23.7 Å². The van der Waals surface area contributed by atoms with Gasteiger partial charge in [-0.1, -0.05) is 32.0 Å². The third kappa shape index (κ3) is 4.30. The van der Waals surface area contributed by atoms with E-state index in [-0.39, 0.29) is 23.0 Å². The summed E-state index contributed by atoms with van der Waals surface area (Å²) in [7, 11) is 0. The average Bonchev–Trinajstić information content (AvgIpc) is 3.27. The summed E-state index contributed by atoms with van der Waals surface area (Å²) in [4.78, 5) is 34.3. The fourth-order valence-corrected chi connectivity index (χ4v) is 5.83. The van der Waals surface area contributed by atoms with Crippen LogP contribution in [0.3, 0.4) is 0 Å². The van der Waals surface area contributed by atoms with Gasteiger partial charge in [0.2, 0.25) is 5.91 Å². The number of fused-ring (bicyclic) bond motifs is 3. The van der Waals surface area contributed by atoms with Gasteiger partial charge in [-0.15, -0.1) is 23.1 Å². The molecule has 5 nitrogen and oxygen atoms in total. The molecule has 0 spiro atoms. The standard InChI is InChI=1S/C22H24FN3O2S2/c1-22(2,14-7-3-4-8-15(14)23)12-24-18(27)11-29-10-17-25-20(28)19-13-6-5-9-16(13)30-21(19)26-17/h3-4,7-8H,5-6,9-12H2,1-2H3,(H,24,27)(H,25,26,28). The Morgan fingerprint density at radius 1 is 1.33 bits per heavy atom. The fourth-order valence-electron chi connectivity index (χ4n) is 3.83. The third-order valence-electron chi connectivity index (χ3n) is 5.43. The number of nitrogens with zero attached hydrogens (tertiary/aromatic N) is 1. The number of hydrogen-bond acceptors (Lipinski definition) is 5. The van der Waals surface area contributed by atoms with Crippen molar-refractivity contribution < 1.29 is 9.18 Å². The lowest BCUT2D eigenvalue weighted by molar-refractivity contribution is -0.118. The number of thiophene rings is 1. The summed E-state index contributed by atoms with van der Waals surface area (Å²) in [5, 5.41) is 3.63. The van der Waals surface area contributed by atoms with Crippen LogP contribution in [0.4, 0.5) is 4.39 Å². The summed E-state index contributed by atoms with van der Waals surface area (Å²) < 4.78 is 14.0. The highest BCUT2D eigenvalue weighted by Gasteiger charge is 2.24. The summed E-state index contributed by atoms with van der Waals surface area (Å²) >= 11 is 3.01. The molecule has 158 valence electrons. The lowest BCUT2D eigenvalue weighted by Gasteiger charge is -2.26. The number of carbonyl (C=O) groups excluding carboxylic acids is 1. The highest BCUT2D eigenvalue weighted by Crippen LogP contribution is 2.34. The molecule has 2 heterocycles. The number of H-pyrrole nitrogens is 1. The molecule has 0 unspecified atom stereocenters. The van der Waals surface area contributed by atoms with Crippen LogP contribution in [0.25, 0.3) is 10.2 Å². The Morgan fingerprint density at radius 2 is 2.13 bits per heavy atom. The van der Waals surface area contributed by atoms with Gasteiger partial charge < -0.3 is 10.3 Å². The van der Waals surface area contributed by atoms with Crippen LogP contribution in [0.1, 0.15) is 42.1 Å². The SMILES string of the molecule is CC(C)(CNC(=O)CSCc1nc2sc3c(c2c(=O)[nH]1)CCC3)c1ccccc1F. The lowest BCUT2D eigenvalue weighted by Crippen LogP contribution is -2.38. The van der Waals surface area contributed by atoms with Gasteiger partial charge in [0.25, 0.3) is 5.56 Å². The maximum Gasteiger partial charge on any atom is 0.259 e. The van der Waals surface area contributed by atoms with Gasteiger partial charge in [0.1, 0.15) is 16.5 Å². The number of thioether (sulfide) groups is 1. The molecule has 0 aliphatic heterocycles. The number of halogens is 1. The first-order valence-electron chi connectivity index (χ1n) is 9.98. The molecule has 0 fully saturated rings. The van der Waals surface area contributed by atoms with Crippen molar-refractivity contribution in [2.45, 2.75) is 44.3 Å². The van der Waals surface area contributed by atoms with E-state index in [4.69, 9.17) is 0 Å². The van der Waals surface area contributed by atoms with Crippen LogP contribution in [0.15, 0.2) is 29.1 Å². The summed E-state index contributed by atoms with van der Waals surface area (Å²) in [6, 6.07) is 6.63. The van der Waals surface area contributed by atoms with Crippen LogP contribution in [0.2, 0.25) is 0 Å². The molecule has 0 saturated heterocycles. The third-order valence-corrected chi connectivity index (χ3v) is 7.56. The molecule has 30 heavy (non-hydrogen) atoms. The zero-order chi connectivity index (χ0) is 21.3. The Bertz CT molecular complexity index is 1150. The first-order chi connectivity index (χ1) is 14.3. The molecule has 0 saturated carbocycles. The monoisotopic (exact) mass is 445 g/mol. The number of aromatic nitrogens is 2. The molecule has 4 rings (SSSR count). The smallest absolute Gasteiger partial charge is 0.259 e. The average molecular weight is 446 g/mol. The van der Waals surface area contributed by atoms with E-state index < -0.39 is 5.41 Å². The minimum absolute atomic E-state index is 0.0777. The van der Waals surface area contributed by atoms with E-state index in [1.165, 1.54) is 28.3 Å². The van der Waals surface area contributed by atoms with Crippen molar-refractivity contribution in [1.82, 2.24) is 15.3 Å². The summed E-state index contributed by atoms with van der Waals surface area (Å²) in [6.45, 7) is 4.15. The quantitative estimate of drug-likeness (QED) is 0.578. The van der Waals surface area contributed by atoms with Gasteiger partial charge in [0.15, 0.2) is 0 Å². The number of aryl methyl sites for hydroxylation is 2. The Kier molecular flexibility index (Phi) is 5.97. The van der Waals surface area contributed by atoms with Crippen LogP contribution in [-0.2, 0) is 28.8 Å². The van der Waals surface area contributed by atoms with Gasteiger partial charge in [0, 0.05) is 16.8 Å². The molecule has 1 amide bonds. The van der Waals surface area contributed by atoms with Crippen molar-refractivity contribution in [3.63, 3.8) is 0 Å². The van der Waals surface area contributed by atoms with Gasteiger partial charge in [-0.05, 0) is 36.5 Å². The predicted molar refractivity (Wildman–Crippen MR) is 121 cm³/mol. The van der Waals surface area contributed by atoms with Gasteiger partial charge in [-0.25, -0.2) is 9.37 Å². The summed E-state index contributed by atoms with van der Waals surface area (Å²) in [6.07, 6.45) is 3.10. The second-order valence-corrected chi connectivity index (χ2v) is 10.3. The number of rotatable bonds is 7. The van der Waals surface area contributed by atoms with E-state index in [2.05, 4.69) is 15.3 Å². The van der Waals surface area contributed by atoms with Crippen LogP contribution < -0.4 is 10.9 Å². The molecule has 1 aromatic carbocycles.